The van der Waals surface area contributed by atoms with E-state index in [0.29, 0.717) is 5.56 Å². The van der Waals surface area contributed by atoms with Crippen LogP contribution in [0.15, 0.2) is 35.8 Å². The highest BCUT2D eigenvalue weighted by atomic mass is 35.5. The summed E-state index contributed by atoms with van der Waals surface area (Å²) in [5.74, 6) is -1.04. The van der Waals surface area contributed by atoms with Gasteiger partial charge in [0.1, 0.15) is 0 Å². The minimum Gasteiger partial charge on any atom is -0.454 e. The summed E-state index contributed by atoms with van der Waals surface area (Å²) in [5.41, 5.74) is 2.16. The standard InChI is InChI=1S/C18H14Cl2N2O3S/c1-10-8-12(11(2)22(10)18-21-6-7-26-18)15(23)9-25-17(24)16-13(19)4-3-5-14(16)20/h3-8H,9H2,1-2H3. The zero-order valence-electron chi connectivity index (χ0n) is 14.0. The summed E-state index contributed by atoms with van der Waals surface area (Å²) in [5, 5.41) is 3.00. The zero-order chi connectivity index (χ0) is 18.8. The van der Waals surface area contributed by atoms with Crippen LogP contribution in [0.2, 0.25) is 10.0 Å². The van der Waals surface area contributed by atoms with Crippen molar-refractivity contribution in [1.29, 1.82) is 0 Å². The number of hydrogen-bond donors (Lipinski definition) is 0. The second kappa shape index (κ2) is 7.61. The van der Waals surface area contributed by atoms with Crippen LogP contribution in [0.1, 0.15) is 32.1 Å². The van der Waals surface area contributed by atoms with Gasteiger partial charge in [-0.15, -0.1) is 11.3 Å². The lowest BCUT2D eigenvalue weighted by atomic mass is 10.1. The molecule has 3 aromatic rings. The molecular weight excluding hydrogens is 395 g/mol. The molecule has 0 N–H and O–H groups in total. The maximum atomic E-state index is 12.5. The van der Waals surface area contributed by atoms with Gasteiger partial charge in [0, 0.05) is 28.5 Å². The van der Waals surface area contributed by atoms with Gasteiger partial charge in [-0.05, 0) is 32.0 Å². The van der Waals surface area contributed by atoms with Gasteiger partial charge in [-0.1, -0.05) is 29.3 Å². The average Bonchev–Trinajstić information content (AvgIpc) is 3.20. The van der Waals surface area contributed by atoms with Gasteiger partial charge in [-0.3, -0.25) is 9.36 Å². The monoisotopic (exact) mass is 408 g/mol. The van der Waals surface area contributed by atoms with Crippen molar-refractivity contribution >= 4 is 46.3 Å². The Morgan fingerprint density at radius 3 is 2.54 bits per heavy atom. The molecule has 1 aromatic carbocycles. The molecule has 0 spiro atoms. The van der Waals surface area contributed by atoms with Crippen molar-refractivity contribution in [2.24, 2.45) is 0 Å². The van der Waals surface area contributed by atoms with E-state index >= 15 is 0 Å². The third kappa shape index (κ3) is 3.53. The van der Waals surface area contributed by atoms with Gasteiger partial charge in [0.2, 0.25) is 5.78 Å². The molecule has 3 rings (SSSR count). The van der Waals surface area contributed by atoms with Crippen LogP contribution >= 0.6 is 34.5 Å². The van der Waals surface area contributed by atoms with Gasteiger partial charge < -0.3 is 4.74 Å². The first-order valence-corrected chi connectivity index (χ1v) is 9.27. The van der Waals surface area contributed by atoms with Gasteiger partial charge in [-0.2, -0.15) is 0 Å². The Balaban J connectivity index is 1.77. The van der Waals surface area contributed by atoms with E-state index in [1.807, 2.05) is 23.8 Å². The second-order valence-electron chi connectivity index (χ2n) is 5.53. The Bertz CT molecular complexity index is 960. The van der Waals surface area contributed by atoms with E-state index in [2.05, 4.69) is 4.98 Å². The number of rotatable bonds is 5. The number of carbonyl (C=O) groups is 2. The van der Waals surface area contributed by atoms with Gasteiger partial charge in [0.05, 0.1) is 15.6 Å². The number of carbonyl (C=O) groups excluding carboxylic acids is 2. The number of hydrogen-bond acceptors (Lipinski definition) is 5. The van der Waals surface area contributed by atoms with Crippen LogP contribution in [0.25, 0.3) is 5.13 Å². The average molecular weight is 409 g/mol. The second-order valence-corrected chi connectivity index (χ2v) is 7.22. The normalized spacial score (nSPS) is 10.8. The number of benzene rings is 1. The van der Waals surface area contributed by atoms with Gasteiger partial charge >= 0.3 is 5.97 Å². The Hall–Kier alpha value is -2.15. The Morgan fingerprint density at radius 1 is 1.23 bits per heavy atom. The van der Waals surface area contributed by atoms with Crippen molar-refractivity contribution in [3.05, 3.63) is 68.4 Å². The molecule has 0 aliphatic heterocycles. The van der Waals surface area contributed by atoms with Crippen LogP contribution in [0.4, 0.5) is 0 Å². The molecule has 0 fully saturated rings. The molecule has 0 atom stereocenters. The number of thiazole rings is 1. The van der Waals surface area contributed by atoms with Crippen LogP contribution in [0, 0.1) is 13.8 Å². The topological polar surface area (TPSA) is 61.2 Å². The Morgan fingerprint density at radius 2 is 1.92 bits per heavy atom. The van der Waals surface area contributed by atoms with E-state index < -0.39 is 12.6 Å². The number of aryl methyl sites for hydroxylation is 1. The molecule has 2 heterocycles. The van der Waals surface area contributed by atoms with Crippen molar-refractivity contribution in [3.63, 3.8) is 0 Å². The van der Waals surface area contributed by atoms with E-state index in [9.17, 15) is 9.59 Å². The quantitative estimate of drug-likeness (QED) is 0.444. The summed E-state index contributed by atoms with van der Waals surface area (Å²) in [7, 11) is 0. The summed E-state index contributed by atoms with van der Waals surface area (Å²) in [6.07, 6.45) is 1.70. The van der Waals surface area contributed by atoms with Crippen LogP contribution in [0.5, 0.6) is 0 Å². The number of Topliss-reactive ketones (excluding diaryl/α,β-unsaturated/α-hetero) is 1. The fourth-order valence-electron chi connectivity index (χ4n) is 2.64. The summed E-state index contributed by atoms with van der Waals surface area (Å²) in [4.78, 5) is 29.0. The van der Waals surface area contributed by atoms with Crippen LogP contribution < -0.4 is 0 Å². The Kier molecular flexibility index (Phi) is 5.46. The predicted octanol–water partition coefficient (Wildman–Crippen LogP) is 4.90. The maximum Gasteiger partial charge on any atom is 0.341 e. The molecule has 0 unspecified atom stereocenters. The highest BCUT2D eigenvalue weighted by Gasteiger charge is 2.21. The van der Waals surface area contributed by atoms with Gasteiger partial charge in [-0.25, -0.2) is 9.78 Å². The van der Waals surface area contributed by atoms with Crippen molar-refractivity contribution in [2.75, 3.05) is 6.61 Å². The largest absolute Gasteiger partial charge is 0.454 e. The van der Waals surface area contributed by atoms with Crippen molar-refractivity contribution in [1.82, 2.24) is 9.55 Å². The molecule has 8 heteroatoms. The Labute approximate surface area is 164 Å². The minimum absolute atomic E-state index is 0.0527. The van der Waals surface area contributed by atoms with Crippen molar-refractivity contribution in [3.8, 4) is 5.13 Å². The van der Waals surface area contributed by atoms with Crippen LogP contribution in [-0.4, -0.2) is 27.9 Å². The summed E-state index contributed by atoms with van der Waals surface area (Å²) in [6, 6.07) is 6.45. The van der Waals surface area contributed by atoms with Crippen molar-refractivity contribution < 1.29 is 14.3 Å². The molecule has 0 amide bonds. The lowest BCUT2D eigenvalue weighted by Gasteiger charge is -2.08. The third-order valence-corrected chi connectivity index (χ3v) is 5.23. The minimum atomic E-state index is -0.734. The molecule has 0 aliphatic rings. The van der Waals surface area contributed by atoms with Crippen LogP contribution in [-0.2, 0) is 4.74 Å². The van der Waals surface area contributed by atoms with E-state index in [0.717, 1.165) is 16.5 Å². The molecule has 0 saturated carbocycles. The predicted molar refractivity (Wildman–Crippen MR) is 102 cm³/mol. The number of esters is 1. The number of ketones is 1. The van der Waals surface area contributed by atoms with E-state index in [4.69, 9.17) is 27.9 Å². The molecule has 26 heavy (non-hydrogen) atoms. The SMILES string of the molecule is Cc1cc(C(=O)COC(=O)c2c(Cl)cccc2Cl)c(C)n1-c1nccs1. The first-order valence-electron chi connectivity index (χ1n) is 7.63. The molecule has 0 radical (unpaired) electrons. The molecule has 5 nitrogen and oxygen atoms in total. The number of aromatic nitrogens is 2. The summed E-state index contributed by atoms with van der Waals surface area (Å²) in [6.45, 7) is 3.32. The maximum absolute atomic E-state index is 12.5. The molecule has 134 valence electrons. The highest BCUT2D eigenvalue weighted by molar-refractivity contribution is 7.12. The number of halogens is 2. The third-order valence-electron chi connectivity index (χ3n) is 3.84. The highest BCUT2D eigenvalue weighted by Crippen LogP contribution is 2.26. The molecule has 0 bridgehead atoms. The first kappa shape index (κ1) is 18.6. The molecule has 0 saturated heterocycles. The van der Waals surface area contributed by atoms with Gasteiger partial charge in [0.15, 0.2) is 11.7 Å². The first-order chi connectivity index (χ1) is 12.4. The number of ether oxygens (including phenoxy) is 1. The smallest absolute Gasteiger partial charge is 0.341 e. The van der Waals surface area contributed by atoms with Gasteiger partial charge in [0.25, 0.3) is 0 Å². The van der Waals surface area contributed by atoms with E-state index in [-0.39, 0.29) is 21.4 Å². The van der Waals surface area contributed by atoms with Crippen LogP contribution in [0.3, 0.4) is 0 Å². The fraction of sp³-hybridized carbons (Fsp3) is 0.167. The lowest BCUT2D eigenvalue weighted by molar-refractivity contribution is 0.0475. The number of nitrogens with zero attached hydrogens (tertiary/aromatic N) is 2. The van der Waals surface area contributed by atoms with Crippen molar-refractivity contribution in [2.45, 2.75) is 13.8 Å². The zero-order valence-corrected chi connectivity index (χ0v) is 16.3. The summed E-state index contributed by atoms with van der Waals surface area (Å²) < 4.78 is 7.01. The molecular formula is C18H14Cl2N2O3S. The fourth-order valence-corrected chi connectivity index (χ4v) is 3.94. The summed E-state index contributed by atoms with van der Waals surface area (Å²) >= 11 is 13.4. The van der Waals surface area contributed by atoms with E-state index in [1.165, 1.54) is 23.5 Å². The van der Waals surface area contributed by atoms with E-state index in [1.54, 1.807) is 18.3 Å². The molecule has 2 aromatic heterocycles. The molecule has 0 aliphatic carbocycles. The lowest BCUT2D eigenvalue weighted by Crippen LogP contribution is -2.15.